The lowest BCUT2D eigenvalue weighted by molar-refractivity contribution is 0.546. The quantitative estimate of drug-likeness (QED) is 0.346. The number of aromatic nitrogens is 3. The van der Waals surface area contributed by atoms with Crippen molar-refractivity contribution in [2.75, 3.05) is 0 Å². The maximum atomic E-state index is 6.25. The van der Waals surface area contributed by atoms with E-state index in [1.165, 1.54) is 5.56 Å². The molecule has 4 nitrogen and oxygen atoms in total. The molecule has 1 aliphatic rings. The molecule has 0 spiro atoms. The monoisotopic (exact) mass is 403 g/mol. The van der Waals surface area contributed by atoms with E-state index in [2.05, 4.69) is 34.8 Å². The summed E-state index contributed by atoms with van der Waals surface area (Å²) in [5, 5.41) is 1.27. The zero-order valence-corrected chi connectivity index (χ0v) is 17.3. The van der Waals surface area contributed by atoms with Gasteiger partial charge in [-0.1, -0.05) is 48.6 Å². The first kappa shape index (κ1) is 19.3. The molecule has 0 N–H and O–H groups in total. The maximum Gasteiger partial charge on any atom is 0.226 e. The molecule has 0 unspecified atom stereocenters. The zero-order chi connectivity index (χ0) is 20.4. The normalized spacial score (nSPS) is 14.0. The molecular formula is C24H22ClN3O. The van der Waals surface area contributed by atoms with Gasteiger partial charge in [-0.2, -0.15) is 9.97 Å². The largest absolute Gasteiger partial charge is 0.460 e. The third-order valence-electron chi connectivity index (χ3n) is 4.76. The summed E-state index contributed by atoms with van der Waals surface area (Å²) >= 11 is 6.25. The second-order valence-corrected chi connectivity index (χ2v) is 7.53. The SMILES string of the molecule is C=C(C)C/C(=C\C=C/C)c1nc(Cl)nc(-c2ccc3c4c(oc3c2)CCC=C4)n1. The molecule has 29 heavy (non-hydrogen) atoms. The van der Waals surface area contributed by atoms with Gasteiger partial charge in [0.2, 0.25) is 5.28 Å². The highest BCUT2D eigenvalue weighted by Gasteiger charge is 2.17. The van der Waals surface area contributed by atoms with E-state index in [1.54, 1.807) is 0 Å². The summed E-state index contributed by atoms with van der Waals surface area (Å²) in [5.74, 6) is 2.12. The van der Waals surface area contributed by atoms with E-state index in [1.807, 2.05) is 44.2 Å². The molecular weight excluding hydrogens is 382 g/mol. The van der Waals surface area contributed by atoms with Gasteiger partial charge in [0.05, 0.1) is 0 Å². The Labute approximate surface area is 175 Å². The molecule has 2 aromatic heterocycles. The number of benzene rings is 1. The average Bonchev–Trinajstić information content (AvgIpc) is 3.08. The third-order valence-corrected chi connectivity index (χ3v) is 4.93. The van der Waals surface area contributed by atoms with Gasteiger partial charge in [0, 0.05) is 28.5 Å². The van der Waals surface area contributed by atoms with Crippen LogP contribution in [0.3, 0.4) is 0 Å². The Morgan fingerprint density at radius 2 is 2.14 bits per heavy atom. The highest BCUT2D eigenvalue weighted by Crippen LogP contribution is 2.33. The fraction of sp³-hybridized carbons (Fsp3) is 0.208. The number of aryl methyl sites for hydroxylation is 1. The van der Waals surface area contributed by atoms with Gasteiger partial charge < -0.3 is 4.42 Å². The summed E-state index contributed by atoms with van der Waals surface area (Å²) in [6, 6.07) is 6.04. The first-order valence-electron chi connectivity index (χ1n) is 9.65. The first-order valence-corrected chi connectivity index (χ1v) is 10.0. The highest BCUT2D eigenvalue weighted by molar-refractivity contribution is 6.28. The van der Waals surface area contributed by atoms with E-state index in [0.717, 1.165) is 46.3 Å². The molecule has 3 aromatic rings. The Kier molecular flexibility index (Phi) is 5.45. The van der Waals surface area contributed by atoms with Crippen molar-refractivity contribution in [2.45, 2.75) is 33.1 Å². The van der Waals surface area contributed by atoms with Crippen molar-refractivity contribution in [1.82, 2.24) is 15.0 Å². The second kappa shape index (κ2) is 8.18. The Bertz CT molecular complexity index is 1180. The fourth-order valence-electron chi connectivity index (χ4n) is 3.46. The van der Waals surface area contributed by atoms with Gasteiger partial charge in [0.15, 0.2) is 11.6 Å². The molecule has 4 rings (SSSR count). The first-order chi connectivity index (χ1) is 14.0. The van der Waals surface area contributed by atoms with Crippen LogP contribution in [0.5, 0.6) is 0 Å². The van der Waals surface area contributed by atoms with Crippen molar-refractivity contribution in [3.8, 4) is 11.4 Å². The predicted molar refractivity (Wildman–Crippen MR) is 120 cm³/mol. The molecule has 0 bridgehead atoms. The van der Waals surface area contributed by atoms with E-state index < -0.39 is 0 Å². The molecule has 5 heteroatoms. The van der Waals surface area contributed by atoms with Crippen LogP contribution in [0.25, 0.3) is 34.0 Å². The van der Waals surface area contributed by atoms with Crippen LogP contribution in [-0.2, 0) is 6.42 Å². The van der Waals surface area contributed by atoms with Gasteiger partial charge in [-0.3, -0.25) is 0 Å². The van der Waals surface area contributed by atoms with Gasteiger partial charge in [0.1, 0.15) is 11.3 Å². The number of rotatable bonds is 5. The molecule has 0 aliphatic heterocycles. The van der Waals surface area contributed by atoms with Crippen LogP contribution in [0.4, 0.5) is 0 Å². The Morgan fingerprint density at radius 3 is 2.93 bits per heavy atom. The summed E-state index contributed by atoms with van der Waals surface area (Å²) in [5.41, 5.74) is 4.82. The molecule has 2 heterocycles. The van der Waals surface area contributed by atoms with Crippen LogP contribution in [0.2, 0.25) is 5.28 Å². The lowest BCUT2D eigenvalue weighted by Gasteiger charge is -2.08. The molecule has 0 atom stereocenters. The number of allylic oxidation sites excluding steroid dienone is 6. The molecule has 0 saturated carbocycles. The van der Waals surface area contributed by atoms with Crippen LogP contribution in [0.15, 0.2) is 59.1 Å². The minimum atomic E-state index is 0.167. The fourth-order valence-corrected chi connectivity index (χ4v) is 3.62. The minimum absolute atomic E-state index is 0.167. The van der Waals surface area contributed by atoms with E-state index in [4.69, 9.17) is 21.0 Å². The third kappa shape index (κ3) is 4.08. The number of furan rings is 1. The number of halogens is 1. The Balaban J connectivity index is 1.79. The van der Waals surface area contributed by atoms with Gasteiger partial charge >= 0.3 is 0 Å². The maximum absolute atomic E-state index is 6.25. The Hall–Kier alpha value is -2.98. The molecule has 146 valence electrons. The summed E-state index contributed by atoms with van der Waals surface area (Å²) < 4.78 is 6.08. The van der Waals surface area contributed by atoms with Crippen LogP contribution >= 0.6 is 11.6 Å². The summed E-state index contributed by atoms with van der Waals surface area (Å²) in [6.07, 6.45) is 12.8. The van der Waals surface area contributed by atoms with Gasteiger partial charge in [-0.05, 0) is 50.4 Å². The predicted octanol–water partition coefficient (Wildman–Crippen LogP) is 6.82. The van der Waals surface area contributed by atoms with E-state index in [0.29, 0.717) is 18.1 Å². The topological polar surface area (TPSA) is 51.8 Å². The molecule has 0 radical (unpaired) electrons. The van der Waals surface area contributed by atoms with Gasteiger partial charge in [-0.15, -0.1) is 0 Å². The van der Waals surface area contributed by atoms with Crippen molar-refractivity contribution in [1.29, 1.82) is 0 Å². The Morgan fingerprint density at radius 1 is 1.28 bits per heavy atom. The van der Waals surface area contributed by atoms with Crippen LogP contribution in [-0.4, -0.2) is 15.0 Å². The van der Waals surface area contributed by atoms with Crippen LogP contribution in [0, 0.1) is 0 Å². The average molecular weight is 404 g/mol. The molecule has 0 saturated heterocycles. The number of hydrogen-bond donors (Lipinski definition) is 0. The molecule has 1 aliphatic carbocycles. The highest BCUT2D eigenvalue weighted by atomic mass is 35.5. The smallest absolute Gasteiger partial charge is 0.226 e. The van der Waals surface area contributed by atoms with E-state index >= 15 is 0 Å². The number of nitrogens with zero attached hydrogens (tertiary/aromatic N) is 3. The molecule has 1 aromatic carbocycles. The van der Waals surface area contributed by atoms with E-state index in [-0.39, 0.29) is 5.28 Å². The lowest BCUT2D eigenvalue weighted by atomic mass is 10.0. The van der Waals surface area contributed by atoms with Crippen molar-refractivity contribution in [2.24, 2.45) is 0 Å². The van der Waals surface area contributed by atoms with Crippen LogP contribution in [0.1, 0.15) is 43.8 Å². The number of hydrogen-bond acceptors (Lipinski definition) is 4. The zero-order valence-electron chi connectivity index (χ0n) is 16.6. The number of fused-ring (bicyclic) bond motifs is 3. The summed E-state index contributed by atoms with van der Waals surface area (Å²) in [7, 11) is 0. The van der Waals surface area contributed by atoms with Crippen molar-refractivity contribution in [3.05, 3.63) is 77.1 Å². The van der Waals surface area contributed by atoms with E-state index in [9.17, 15) is 0 Å². The van der Waals surface area contributed by atoms with Crippen molar-refractivity contribution in [3.63, 3.8) is 0 Å². The van der Waals surface area contributed by atoms with Crippen LogP contribution < -0.4 is 0 Å². The molecule has 0 fully saturated rings. The molecule has 0 amide bonds. The second-order valence-electron chi connectivity index (χ2n) is 7.19. The van der Waals surface area contributed by atoms with Gasteiger partial charge in [-0.25, -0.2) is 4.98 Å². The summed E-state index contributed by atoms with van der Waals surface area (Å²) in [4.78, 5) is 13.4. The van der Waals surface area contributed by atoms with Crippen molar-refractivity contribution >= 4 is 34.2 Å². The van der Waals surface area contributed by atoms with Gasteiger partial charge in [0.25, 0.3) is 0 Å². The summed E-state index contributed by atoms with van der Waals surface area (Å²) in [6.45, 7) is 7.96. The standard InChI is InChI=1S/C24H22ClN3O/c1-4-5-8-16(13-15(2)3)22-26-23(28-24(25)27-22)17-11-12-19-18-9-6-7-10-20(18)29-21(19)14-17/h4-6,8-9,11-12,14H,2,7,10,13H2,1,3H3/b5-4-,16-8+. The lowest BCUT2D eigenvalue weighted by Crippen LogP contribution is -2.01. The van der Waals surface area contributed by atoms with Crippen molar-refractivity contribution < 1.29 is 4.42 Å². The minimum Gasteiger partial charge on any atom is -0.460 e.